The van der Waals surface area contributed by atoms with Gasteiger partial charge in [-0.15, -0.1) is 0 Å². The molecule has 1 heterocycles. The van der Waals surface area contributed by atoms with E-state index in [4.69, 9.17) is 4.74 Å². The topological polar surface area (TPSA) is 46.6 Å². The Hall–Kier alpha value is -1.94. The first-order chi connectivity index (χ1) is 11.0. The molecule has 4 heteroatoms. The predicted octanol–water partition coefficient (Wildman–Crippen LogP) is 4.06. The van der Waals surface area contributed by atoms with Crippen LogP contribution in [0, 0.1) is 5.41 Å². The third-order valence-electron chi connectivity index (χ3n) is 4.09. The molecule has 1 atom stereocenters. The molecule has 0 spiro atoms. The molecule has 1 aliphatic rings. The summed E-state index contributed by atoms with van der Waals surface area (Å²) >= 11 is 0. The Morgan fingerprint density at radius 3 is 1.83 bits per heavy atom. The summed E-state index contributed by atoms with van der Waals surface area (Å²) in [6, 6.07) is 7.62. The summed E-state index contributed by atoms with van der Waals surface area (Å²) in [5.74, 6) is -0.374. The Kier molecular flexibility index (Phi) is 5.00. The molecule has 4 nitrogen and oxygen atoms in total. The van der Waals surface area contributed by atoms with Crippen molar-refractivity contribution < 1.29 is 14.3 Å². The molecule has 0 bridgehead atoms. The number of anilines is 1. The van der Waals surface area contributed by atoms with Crippen LogP contribution in [0.4, 0.5) is 5.69 Å². The summed E-state index contributed by atoms with van der Waals surface area (Å²) < 4.78 is 6.01. The fourth-order valence-electron chi connectivity index (χ4n) is 2.69. The average molecular weight is 329 g/mol. The van der Waals surface area contributed by atoms with Crippen LogP contribution < -0.4 is 4.90 Å². The Labute approximate surface area is 144 Å². The van der Waals surface area contributed by atoms with Gasteiger partial charge in [-0.25, -0.2) is 4.90 Å². The molecule has 0 saturated carbocycles. The molecule has 24 heavy (non-hydrogen) atoms. The van der Waals surface area contributed by atoms with Crippen LogP contribution in [0.1, 0.15) is 53.0 Å². The van der Waals surface area contributed by atoms with Crippen LogP contribution in [0.2, 0.25) is 0 Å². The lowest BCUT2D eigenvalue weighted by atomic mass is 9.77. The van der Waals surface area contributed by atoms with Crippen LogP contribution in [-0.4, -0.2) is 24.0 Å². The van der Waals surface area contributed by atoms with Crippen molar-refractivity contribution in [3.05, 3.63) is 42.0 Å². The van der Waals surface area contributed by atoms with Gasteiger partial charge >= 0.3 is 0 Å². The van der Waals surface area contributed by atoms with Gasteiger partial charge in [-0.2, -0.15) is 0 Å². The summed E-state index contributed by atoms with van der Waals surface area (Å²) in [7, 11) is 0. The first kappa shape index (κ1) is 18.4. The molecule has 1 aliphatic heterocycles. The second-order valence-corrected chi connectivity index (χ2v) is 8.28. The highest BCUT2D eigenvalue weighted by atomic mass is 16.5. The highest BCUT2D eigenvalue weighted by Crippen LogP contribution is 2.37. The number of ether oxygens (including phenoxy) is 1. The fraction of sp³-hybridized carbons (Fsp3) is 0.500. The lowest BCUT2D eigenvalue weighted by Gasteiger charge is -2.34. The SMILES string of the molecule is CC(C)(C)OCC(c1ccc(N2C(=O)C=CC2=O)cc1)C(C)(C)C. The quantitative estimate of drug-likeness (QED) is 0.783. The standard InChI is InChI=1S/C20H27NO3/c1-19(2,3)16(13-24-20(4,5)6)14-7-9-15(10-8-14)21-17(22)11-12-18(21)23/h7-12,16H,13H2,1-6H3. The maximum absolute atomic E-state index is 11.8. The van der Waals surface area contributed by atoms with E-state index in [1.165, 1.54) is 17.1 Å². The molecule has 130 valence electrons. The van der Waals surface area contributed by atoms with E-state index in [1.807, 2.05) is 45.0 Å². The fourth-order valence-corrected chi connectivity index (χ4v) is 2.69. The van der Waals surface area contributed by atoms with Crippen LogP contribution in [0.5, 0.6) is 0 Å². The van der Waals surface area contributed by atoms with Crippen molar-refractivity contribution in [2.45, 2.75) is 53.1 Å². The minimum absolute atomic E-state index is 0.0353. The molecule has 0 N–H and O–H groups in total. The van der Waals surface area contributed by atoms with Crippen molar-refractivity contribution >= 4 is 17.5 Å². The number of nitrogens with zero attached hydrogens (tertiary/aromatic N) is 1. The number of carbonyl (C=O) groups is 2. The van der Waals surface area contributed by atoms with E-state index >= 15 is 0 Å². The molecule has 0 aromatic heterocycles. The van der Waals surface area contributed by atoms with Gasteiger partial charge in [-0.05, 0) is 43.9 Å². The number of imide groups is 1. The third-order valence-corrected chi connectivity index (χ3v) is 4.09. The van der Waals surface area contributed by atoms with E-state index in [9.17, 15) is 9.59 Å². The molecule has 1 aromatic rings. The zero-order valence-electron chi connectivity index (χ0n) is 15.4. The van der Waals surface area contributed by atoms with Gasteiger partial charge in [-0.3, -0.25) is 9.59 Å². The van der Waals surface area contributed by atoms with E-state index in [2.05, 4.69) is 20.8 Å². The van der Waals surface area contributed by atoms with Crippen LogP contribution >= 0.6 is 0 Å². The molecule has 1 aromatic carbocycles. The minimum atomic E-state index is -0.295. The lowest BCUT2D eigenvalue weighted by Crippen LogP contribution is -2.30. The largest absolute Gasteiger partial charge is 0.375 e. The van der Waals surface area contributed by atoms with Crippen LogP contribution in [0.25, 0.3) is 0 Å². The number of hydrogen-bond acceptors (Lipinski definition) is 3. The molecular weight excluding hydrogens is 302 g/mol. The van der Waals surface area contributed by atoms with Crippen LogP contribution in [-0.2, 0) is 14.3 Å². The van der Waals surface area contributed by atoms with Crippen molar-refractivity contribution in [1.29, 1.82) is 0 Å². The Morgan fingerprint density at radius 2 is 1.42 bits per heavy atom. The van der Waals surface area contributed by atoms with Gasteiger partial charge in [0.15, 0.2) is 0 Å². The smallest absolute Gasteiger partial charge is 0.258 e. The second kappa shape index (κ2) is 6.52. The number of benzene rings is 1. The maximum atomic E-state index is 11.8. The van der Waals surface area contributed by atoms with E-state index in [1.54, 1.807) is 0 Å². The zero-order valence-corrected chi connectivity index (χ0v) is 15.4. The average Bonchev–Trinajstić information content (AvgIpc) is 2.76. The Morgan fingerprint density at radius 1 is 0.917 bits per heavy atom. The van der Waals surface area contributed by atoms with Gasteiger partial charge in [0.1, 0.15) is 0 Å². The number of rotatable bonds is 4. The van der Waals surface area contributed by atoms with Crippen molar-refractivity contribution in [2.75, 3.05) is 11.5 Å². The maximum Gasteiger partial charge on any atom is 0.258 e. The molecule has 0 saturated heterocycles. The van der Waals surface area contributed by atoms with Crippen molar-refractivity contribution in [3.63, 3.8) is 0 Å². The summed E-state index contributed by atoms with van der Waals surface area (Å²) in [5.41, 5.74) is 1.59. The summed E-state index contributed by atoms with van der Waals surface area (Å²) in [6.45, 7) is 13.3. The van der Waals surface area contributed by atoms with Gasteiger partial charge in [0.2, 0.25) is 0 Å². The second-order valence-electron chi connectivity index (χ2n) is 8.28. The normalized spacial score (nSPS) is 16.8. The summed E-state index contributed by atoms with van der Waals surface area (Å²) in [4.78, 5) is 24.7. The highest BCUT2D eigenvalue weighted by molar-refractivity contribution is 6.28. The third kappa shape index (κ3) is 4.32. The molecule has 0 radical (unpaired) electrons. The number of carbonyl (C=O) groups excluding carboxylic acids is 2. The Balaban J connectivity index is 2.22. The highest BCUT2D eigenvalue weighted by Gasteiger charge is 2.29. The zero-order chi connectivity index (χ0) is 18.1. The molecule has 0 fully saturated rings. The number of amides is 2. The molecule has 1 unspecified atom stereocenters. The Bertz CT molecular complexity index is 627. The first-order valence-electron chi connectivity index (χ1n) is 8.29. The van der Waals surface area contributed by atoms with Crippen molar-refractivity contribution in [3.8, 4) is 0 Å². The lowest BCUT2D eigenvalue weighted by molar-refractivity contribution is -0.119. The van der Waals surface area contributed by atoms with Gasteiger partial charge < -0.3 is 4.74 Å². The van der Waals surface area contributed by atoms with E-state index < -0.39 is 0 Å². The van der Waals surface area contributed by atoms with Gasteiger partial charge in [-0.1, -0.05) is 32.9 Å². The van der Waals surface area contributed by atoms with E-state index in [0.717, 1.165) is 5.56 Å². The monoisotopic (exact) mass is 329 g/mol. The van der Waals surface area contributed by atoms with Gasteiger partial charge in [0.05, 0.1) is 17.9 Å². The van der Waals surface area contributed by atoms with E-state index in [-0.39, 0.29) is 28.7 Å². The van der Waals surface area contributed by atoms with Crippen LogP contribution in [0.15, 0.2) is 36.4 Å². The minimum Gasteiger partial charge on any atom is -0.375 e. The van der Waals surface area contributed by atoms with E-state index in [0.29, 0.717) is 12.3 Å². The predicted molar refractivity (Wildman–Crippen MR) is 96.0 cm³/mol. The van der Waals surface area contributed by atoms with Crippen molar-refractivity contribution in [1.82, 2.24) is 0 Å². The summed E-state index contributed by atoms with van der Waals surface area (Å²) in [5, 5.41) is 0. The van der Waals surface area contributed by atoms with Gasteiger partial charge in [0, 0.05) is 18.1 Å². The molecule has 0 aliphatic carbocycles. The van der Waals surface area contributed by atoms with Crippen LogP contribution in [0.3, 0.4) is 0 Å². The first-order valence-corrected chi connectivity index (χ1v) is 8.29. The molecular formula is C20H27NO3. The molecule has 2 rings (SSSR count). The van der Waals surface area contributed by atoms with Gasteiger partial charge in [0.25, 0.3) is 11.8 Å². The summed E-state index contributed by atoms with van der Waals surface area (Å²) in [6.07, 6.45) is 2.59. The van der Waals surface area contributed by atoms with Crippen molar-refractivity contribution in [2.24, 2.45) is 5.41 Å². The molecule has 2 amide bonds. The number of hydrogen-bond donors (Lipinski definition) is 0.